The number of benzene rings is 1. The van der Waals surface area contributed by atoms with Crippen molar-refractivity contribution in [2.45, 2.75) is 50.7 Å². The third kappa shape index (κ3) is 2.81. The molecule has 110 valence electrons. The average molecular weight is 339 g/mol. The standard InChI is InChI=1S/C17H23BrO2/c1-17(19,13-5-7-15(18)8-6-13)14-10-12-4-2-3-9-20-16(12)11-14/h5-8,12,14,16,19H,2-4,9-11H2,1H3. The van der Waals surface area contributed by atoms with Gasteiger partial charge in [-0.3, -0.25) is 0 Å². The molecule has 1 N–H and O–H groups in total. The lowest BCUT2D eigenvalue weighted by molar-refractivity contribution is -0.0154. The maximum absolute atomic E-state index is 11.0. The number of aliphatic hydroxyl groups is 1. The minimum absolute atomic E-state index is 0.303. The van der Waals surface area contributed by atoms with Crippen molar-refractivity contribution in [3.8, 4) is 0 Å². The average Bonchev–Trinajstić information content (AvgIpc) is 2.72. The first-order chi connectivity index (χ1) is 9.57. The molecule has 0 radical (unpaired) electrons. The molecule has 1 aliphatic carbocycles. The molecule has 4 atom stereocenters. The van der Waals surface area contributed by atoms with E-state index in [4.69, 9.17) is 4.74 Å². The van der Waals surface area contributed by atoms with E-state index >= 15 is 0 Å². The molecule has 0 aromatic heterocycles. The van der Waals surface area contributed by atoms with Crippen LogP contribution in [0.25, 0.3) is 0 Å². The second kappa shape index (κ2) is 5.78. The van der Waals surface area contributed by atoms with Gasteiger partial charge in [0, 0.05) is 11.1 Å². The van der Waals surface area contributed by atoms with Gasteiger partial charge in [-0.1, -0.05) is 34.5 Å². The van der Waals surface area contributed by atoms with E-state index in [1.54, 1.807) is 0 Å². The SMILES string of the molecule is CC(O)(c1ccc(Br)cc1)C1CC2CCCCOC2C1. The molecule has 0 amide bonds. The summed E-state index contributed by atoms with van der Waals surface area (Å²) in [6.07, 6.45) is 6.18. The first-order valence-electron chi connectivity index (χ1n) is 7.67. The second-order valence-electron chi connectivity index (χ2n) is 6.49. The van der Waals surface area contributed by atoms with E-state index in [2.05, 4.69) is 15.9 Å². The summed E-state index contributed by atoms with van der Waals surface area (Å²) in [6, 6.07) is 8.07. The van der Waals surface area contributed by atoms with E-state index in [0.29, 0.717) is 17.9 Å². The van der Waals surface area contributed by atoms with Crippen LogP contribution in [0.4, 0.5) is 0 Å². The van der Waals surface area contributed by atoms with Crippen molar-refractivity contribution in [2.24, 2.45) is 11.8 Å². The fraction of sp³-hybridized carbons (Fsp3) is 0.647. The Balaban J connectivity index is 1.77. The van der Waals surface area contributed by atoms with E-state index in [1.165, 1.54) is 19.3 Å². The monoisotopic (exact) mass is 338 g/mol. The van der Waals surface area contributed by atoms with Crippen LogP contribution in [0.3, 0.4) is 0 Å². The topological polar surface area (TPSA) is 29.5 Å². The Morgan fingerprint density at radius 1 is 1.20 bits per heavy atom. The van der Waals surface area contributed by atoms with Gasteiger partial charge >= 0.3 is 0 Å². The Bertz CT molecular complexity index is 441. The van der Waals surface area contributed by atoms with Crippen LogP contribution in [0.15, 0.2) is 28.7 Å². The summed E-state index contributed by atoms with van der Waals surface area (Å²) in [6.45, 7) is 2.86. The summed E-state index contributed by atoms with van der Waals surface area (Å²) in [4.78, 5) is 0. The Labute approximate surface area is 129 Å². The number of fused-ring (bicyclic) bond motifs is 1. The zero-order valence-electron chi connectivity index (χ0n) is 12.0. The molecule has 1 aromatic rings. The van der Waals surface area contributed by atoms with Gasteiger partial charge in [-0.05, 0) is 62.1 Å². The van der Waals surface area contributed by atoms with Gasteiger partial charge in [-0.15, -0.1) is 0 Å². The molecule has 1 aliphatic heterocycles. The summed E-state index contributed by atoms with van der Waals surface area (Å²) < 4.78 is 7.04. The zero-order valence-corrected chi connectivity index (χ0v) is 13.6. The molecule has 3 heteroatoms. The number of rotatable bonds is 2. The Kier molecular flexibility index (Phi) is 4.21. The normalized spacial score (nSPS) is 33.2. The Morgan fingerprint density at radius 2 is 1.95 bits per heavy atom. The zero-order chi connectivity index (χ0) is 14.2. The molecule has 3 rings (SSSR count). The maximum atomic E-state index is 11.0. The minimum Gasteiger partial charge on any atom is -0.385 e. The highest BCUT2D eigenvalue weighted by atomic mass is 79.9. The van der Waals surface area contributed by atoms with Crippen molar-refractivity contribution in [3.63, 3.8) is 0 Å². The van der Waals surface area contributed by atoms with Gasteiger partial charge in [0.1, 0.15) is 0 Å². The molecule has 2 nitrogen and oxygen atoms in total. The summed E-state index contributed by atoms with van der Waals surface area (Å²) in [5.74, 6) is 0.946. The quantitative estimate of drug-likeness (QED) is 0.873. The maximum Gasteiger partial charge on any atom is 0.0897 e. The third-order valence-electron chi connectivity index (χ3n) is 5.15. The smallest absolute Gasteiger partial charge is 0.0897 e. The Hall–Kier alpha value is -0.380. The van der Waals surface area contributed by atoms with Crippen LogP contribution in [-0.4, -0.2) is 17.8 Å². The van der Waals surface area contributed by atoms with Crippen molar-refractivity contribution >= 4 is 15.9 Å². The molecule has 2 aliphatic rings. The van der Waals surface area contributed by atoms with E-state index in [0.717, 1.165) is 29.5 Å². The molecular weight excluding hydrogens is 316 g/mol. The van der Waals surface area contributed by atoms with Crippen LogP contribution >= 0.6 is 15.9 Å². The number of halogens is 1. The van der Waals surface area contributed by atoms with E-state index in [-0.39, 0.29) is 0 Å². The first kappa shape index (κ1) is 14.6. The van der Waals surface area contributed by atoms with Crippen LogP contribution in [-0.2, 0) is 10.3 Å². The van der Waals surface area contributed by atoms with Gasteiger partial charge in [0.15, 0.2) is 0 Å². The van der Waals surface area contributed by atoms with Crippen molar-refractivity contribution in [1.29, 1.82) is 0 Å². The number of hydrogen-bond acceptors (Lipinski definition) is 2. The molecule has 1 aromatic carbocycles. The minimum atomic E-state index is -0.754. The molecule has 4 unspecified atom stereocenters. The molecule has 1 saturated heterocycles. The highest BCUT2D eigenvalue weighted by molar-refractivity contribution is 9.10. The van der Waals surface area contributed by atoms with Crippen LogP contribution in [0, 0.1) is 11.8 Å². The second-order valence-corrected chi connectivity index (χ2v) is 7.40. The van der Waals surface area contributed by atoms with Crippen LogP contribution in [0.1, 0.15) is 44.6 Å². The molecule has 0 spiro atoms. The summed E-state index contributed by atoms with van der Waals surface area (Å²) in [5.41, 5.74) is 0.262. The van der Waals surface area contributed by atoms with Crippen LogP contribution < -0.4 is 0 Å². The van der Waals surface area contributed by atoms with E-state index in [1.807, 2.05) is 31.2 Å². The lowest BCUT2D eigenvalue weighted by Gasteiger charge is -2.31. The van der Waals surface area contributed by atoms with Gasteiger partial charge in [0.25, 0.3) is 0 Å². The molecule has 2 fully saturated rings. The van der Waals surface area contributed by atoms with Crippen molar-refractivity contribution in [3.05, 3.63) is 34.3 Å². The number of ether oxygens (including phenoxy) is 1. The lowest BCUT2D eigenvalue weighted by atomic mass is 9.81. The van der Waals surface area contributed by atoms with Crippen molar-refractivity contribution < 1.29 is 9.84 Å². The summed E-state index contributed by atoms with van der Waals surface area (Å²) in [7, 11) is 0. The van der Waals surface area contributed by atoms with Crippen molar-refractivity contribution in [2.75, 3.05) is 6.61 Å². The Morgan fingerprint density at radius 3 is 2.70 bits per heavy atom. The first-order valence-corrected chi connectivity index (χ1v) is 8.46. The van der Waals surface area contributed by atoms with E-state index < -0.39 is 5.60 Å². The van der Waals surface area contributed by atoms with Gasteiger partial charge < -0.3 is 9.84 Å². The van der Waals surface area contributed by atoms with Gasteiger partial charge in [-0.2, -0.15) is 0 Å². The molecule has 0 bridgehead atoms. The highest BCUT2D eigenvalue weighted by Crippen LogP contribution is 2.46. The largest absolute Gasteiger partial charge is 0.385 e. The van der Waals surface area contributed by atoms with Crippen LogP contribution in [0.2, 0.25) is 0 Å². The van der Waals surface area contributed by atoms with Gasteiger partial charge in [-0.25, -0.2) is 0 Å². The van der Waals surface area contributed by atoms with E-state index in [9.17, 15) is 5.11 Å². The predicted octanol–water partition coefficient (Wildman–Crippen LogP) is 4.25. The molecule has 1 heterocycles. The predicted molar refractivity (Wildman–Crippen MR) is 83.5 cm³/mol. The van der Waals surface area contributed by atoms with Crippen LogP contribution in [0.5, 0.6) is 0 Å². The fourth-order valence-corrected chi connectivity index (χ4v) is 4.08. The van der Waals surface area contributed by atoms with Gasteiger partial charge in [0.05, 0.1) is 11.7 Å². The fourth-order valence-electron chi connectivity index (χ4n) is 3.82. The molecule has 1 saturated carbocycles. The molecular formula is C17H23BrO2. The summed E-state index contributed by atoms with van der Waals surface area (Å²) >= 11 is 3.45. The highest BCUT2D eigenvalue weighted by Gasteiger charge is 2.44. The lowest BCUT2D eigenvalue weighted by Crippen LogP contribution is -2.30. The molecule has 20 heavy (non-hydrogen) atoms. The van der Waals surface area contributed by atoms with Crippen molar-refractivity contribution in [1.82, 2.24) is 0 Å². The summed E-state index contributed by atoms with van der Waals surface area (Å²) in [5, 5.41) is 11.0. The van der Waals surface area contributed by atoms with Gasteiger partial charge in [0.2, 0.25) is 0 Å². The number of hydrogen-bond donors (Lipinski definition) is 1. The third-order valence-corrected chi connectivity index (χ3v) is 5.68.